The summed E-state index contributed by atoms with van der Waals surface area (Å²) in [5.74, 6) is -3.49. The second-order valence-corrected chi connectivity index (χ2v) is 5.94. The molecule has 0 unspecified atom stereocenters. The number of halogens is 3. The molecule has 2 aromatic heterocycles. The molecular weight excluding hydrogens is 343 g/mol. The van der Waals surface area contributed by atoms with Crippen LogP contribution in [0.5, 0.6) is 0 Å². The van der Waals surface area contributed by atoms with Crippen molar-refractivity contribution >= 4 is 17.5 Å². The van der Waals surface area contributed by atoms with Crippen molar-refractivity contribution in [2.75, 3.05) is 10.6 Å². The molecule has 0 radical (unpaired) electrons. The topological polar surface area (TPSA) is 62.7 Å². The van der Waals surface area contributed by atoms with Crippen LogP contribution in [0, 0.1) is 17.5 Å². The highest BCUT2D eigenvalue weighted by Crippen LogP contribution is 2.28. The van der Waals surface area contributed by atoms with Crippen LogP contribution in [-0.2, 0) is 0 Å². The summed E-state index contributed by atoms with van der Waals surface area (Å²) in [6, 6.07) is 9.23. The van der Waals surface area contributed by atoms with Gasteiger partial charge in [-0.15, -0.1) is 0 Å². The minimum atomic E-state index is -1.54. The van der Waals surface area contributed by atoms with Gasteiger partial charge >= 0.3 is 0 Å². The van der Waals surface area contributed by atoms with Gasteiger partial charge in [0.2, 0.25) is 5.95 Å². The highest BCUT2D eigenvalue weighted by atomic mass is 19.2. The molecular formula is C18H14F3N5. The highest BCUT2D eigenvalue weighted by Gasteiger charge is 2.23. The van der Waals surface area contributed by atoms with Crippen molar-refractivity contribution in [1.82, 2.24) is 15.0 Å². The molecule has 2 N–H and O–H groups in total. The highest BCUT2D eigenvalue weighted by molar-refractivity contribution is 5.65. The van der Waals surface area contributed by atoms with Gasteiger partial charge in [0.1, 0.15) is 5.82 Å². The second kappa shape index (κ2) is 6.62. The second-order valence-electron chi connectivity index (χ2n) is 5.94. The number of benzene rings is 1. The van der Waals surface area contributed by atoms with E-state index in [-0.39, 0.29) is 11.5 Å². The Kier molecular flexibility index (Phi) is 4.16. The standard InChI is InChI=1S/C18H14F3N5/c19-11-6-7-13(17(21)16(11)20)24-15-9-14(12-3-1-2-8-22-12)25-18(26-15)23-10-4-5-10/h1-3,6-10H,4-5H2,(H2,23,24,25,26). The van der Waals surface area contributed by atoms with Crippen molar-refractivity contribution in [2.24, 2.45) is 0 Å². The summed E-state index contributed by atoms with van der Waals surface area (Å²) in [6.45, 7) is 0. The van der Waals surface area contributed by atoms with Gasteiger partial charge in [-0.25, -0.2) is 18.2 Å². The molecule has 5 nitrogen and oxygen atoms in total. The van der Waals surface area contributed by atoms with E-state index >= 15 is 0 Å². The third-order valence-corrected chi connectivity index (χ3v) is 3.86. The first-order valence-corrected chi connectivity index (χ1v) is 8.08. The van der Waals surface area contributed by atoms with Crippen molar-refractivity contribution in [3.05, 3.63) is 60.0 Å². The fourth-order valence-corrected chi connectivity index (χ4v) is 2.39. The number of nitrogens with zero attached hydrogens (tertiary/aromatic N) is 3. The van der Waals surface area contributed by atoms with Crippen LogP contribution in [0.4, 0.5) is 30.6 Å². The van der Waals surface area contributed by atoms with Gasteiger partial charge in [0.15, 0.2) is 17.5 Å². The van der Waals surface area contributed by atoms with Crippen molar-refractivity contribution in [2.45, 2.75) is 18.9 Å². The van der Waals surface area contributed by atoms with Crippen LogP contribution in [0.1, 0.15) is 12.8 Å². The van der Waals surface area contributed by atoms with E-state index in [4.69, 9.17) is 0 Å². The maximum absolute atomic E-state index is 13.9. The van der Waals surface area contributed by atoms with Crippen LogP contribution in [0.15, 0.2) is 42.6 Å². The number of rotatable bonds is 5. The van der Waals surface area contributed by atoms with Gasteiger partial charge in [-0.05, 0) is 37.1 Å². The van der Waals surface area contributed by atoms with Gasteiger partial charge in [-0.3, -0.25) is 4.98 Å². The fraction of sp³-hybridized carbons (Fsp3) is 0.167. The fourth-order valence-electron chi connectivity index (χ4n) is 2.39. The maximum atomic E-state index is 13.9. The van der Waals surface area contributed by atoms with Crippen molar-refractivity contribution < 1.29 is 13.2 Å². The molecule has 8 heteroatoms. The summed E-state index contributed by atoms with van der Waals surface area (Å²) in [5.41, 5.74) is 0.920. The quantitative estimate of drug-likeness (QED) is 0.668. The summed E-state index contributed by atoms with van der Waals surface area (Å²) >= 11 is 0. The molecule has 0 amide bonds. The number of aromatic nitrogens is 3. The zero-order valence-electron chi connectivity index (χ0n) is 13.5. The Morgan fingerprint density at radius 3 is 2.50 bits per heavy atom. The molecule has 0 atom stereocenters. The molecule has 26 heavy (non-hydrogen) atoms. The van der Waals surface area contributed by atoms with E-state index in [0.29, 0.717) is 23.4 Å². The number of hydrogen-bond acceptors (Lipinski definition) is 5. The van der Waals surface area contributed by atoms with E-state index in [9.17, 15) is 13.2 Å². The van der Waals surface area contributed by atoms with Crippen LogP contribution < -0.4 is 10.6 Å². The molecule has 2 heterocycles. The first kappa shape index (κ1) is 16.3. The molecule has 0 bridgehead atoms. The molecule has 3 aromatic rings. The monoisotopic (exact) mass is 357 g/mol. The van der Waals surface area contributed by atoms with Gasteiger partial charge < -0.3 is 10.6 Å². The Balaban J connectivity index is 1.71. The molecule has 1 saturated carbocycles. The molecule has 1 fully saturated rings. The van der Waals surface area contributed by atoms with Crippen LogP contribution in [0.3, 0.4) is 0 Å². The van der Waals surface area contributed by atoms with E-state index in [1.165, 1.54) is 0 Å². The molecule has 4 rings (SSSR count). The minimum Gasteiger partial charge on any atom is -0.351 e. The van der Waals surface area contributed by atoms with Gasteiger partial charge in [-0.2, -0.15) is 4.98 Å². The first-order chi connectivity index (χ1) is 12.6. The largest absolute Gasteiger partial charge is 0.351 e. The molecule has 0 saturated heterocycles. The Morgan fingerprint density at radius 1 is 0.923 bits per heavy atom. The third-order valence-electron chi connectivity index (χ3n) is 3.86. The van der Waals surface area contributed by atoms with Crippen LogP contribution in [0.25, 0.3) is 11.4 Å². The average Bonchev–Trinajstić information content (AvgIpc) is 3.47. The summed E-state index contributed by atoms with van der Waals surface area (Å²) in [7, 11) is 0. The lowest BCUT2D eigenvalue weighted by atomic mass is 10.2. The Hall–Kier alpha value is -3.16. The molecule has 1 aliphatic rings. The number of pyridine rings is 1. The normalized spacial score (nSPS) is 13.5. The average molecular weight is 357 g/mol. The summed E-state index contributed by atoms with van der Waals surface area (Å²) in [4.78, 5) is 13.0. The number of nitrogens with one attached hydrogen (secondary N) is 2. The SMILES string of the molecule is Fc1ccc(Nc2cc(-c3ccccn3)nc(NC3CC3)n2)c(F)c1F. The Bertz CT molecular complexity index is 945. The third kappa shape index (κ3) is 3.44. The molecule has 0 aliphatic heterocycles. The zero-order valence-corrected chi connectivity index (χ0v) is 13.5. The van der Waals surface area contributed by atoms with Crippen molar-refractivity contribution in [3.8, 4) is 11.4 Å². The molecule has 0 spiro atoms. The predicted octanol–water partition coefficient (Wildman–Crippen LogP) is 4.27. The van der Waals surface area contributed by atoms with Gasteiger partial charge in [0.05, 0.1) is 17.1 Å². The van der Waals surface area contributed by atoms with E-state index in [1.54, 1.807) is 24.4 Å². The lowest BCUT2D eigenvalue weighted by Crippen LogP contribution is -2.08. The van der Waals surface area contributed by atoms with E-state index in [2.05, 4.69) is 25.6 Å². The van der Waals surface area contributed by atoms with E-state index in [0.717, 1.165) is 25.0 Å². The lowest BCUT2D eigenvalue weighted by molar-refractivity contribution is 0.449. The van der Waals surface area contributed by atoms with Crippen LogP contribution >= 0.6 is 0 Å². The first-order valence-electron chi connectivity index (χ1n) is 8.08. The summed E-state index contributed by atoms with van der Waals surface area (Å²) in [6.07, 6.45) is 3.68. The molecule has 132 valence electrons. The van der Waals surface area contributed by atoms with Crippen LogP contribution in [0.2, 0.25) is 0 Å². The summed E-state index contributed by atoms with van der Waals surface area (Å²) < 4.78 is 40.5. The van der Waals surface area contributed by atoms with Gasteiger partial charge in [0.25, 0.3) is 0 Å². The van der Waals surface area contributed by atoms with Gasteiger partial charge in [-0.1, -0.05) is 6.07 Å². The van der Waals surface area contributed by atoms with Crippen molar-refractivity contribution in [1.29, 1.82) is 0 Å². The molecule has 1 aromatic carbocycles. The molecule has 1 aliphatic carbocycles. The number of anilines is 3. The maximum Gasteiger partial charge on any atom is 0.225 e. The summed E-state index contributed by atoms with van der Waals surface area (Å²) in [5, 5.41) is 5.85. The van der Waals surface area contributed by atoms with Crippen LogP contribution in [-0.4, -0.2) is 21.0 Å². The minimum absolute atomic E-state index is 0.216. The van der Waals surface area contributed by atoms with E-state index < -0.39 is 17.5 Å². The van der Waals surface area contributed by atoms with Crippen molar-refractivity contribution in [3.63, 3.8) is 0 Å². The Labute approximate surface area is 147 Å². The lowest BCUT2D eigenvalue weighted by Gasteiger charge is -2.11. The van der Waals surface area contributed by atoms with Gasteiger partial charge in [0, 0.05) is 18.3 Å². The number of hydrogen-bond donors (Lipinski definition) is 2. The smallest absolute Gasteiger partial charge is 0.225 e. The Morgan fingerprint density at radius 2 is 1.77 bits per heavy atom. The predicted molar refractivity (Wildman–Crippen MR) is 91.5 cm³/mol. The zero-order chi connectivity index (χ0) is 18.1. The van der Waals surface area contributed by atoms with E-state index in [1.807, 2.05) is 6.07 Å².